The van der Waals surface area contributed by atoms with Crippen molar-refractivity contribution in [2.45, 2.75) is 18.6 Å². The van der Waals surface area contributed by atoms with E-state index in [4.69, 9.17) is 16.3 Å². The summed E-state index contributed by atoms with van der Waals surface area (Å²) in [5.41, 5.74) is 0.758. The fraction of sp³-hybridized carbons (Fsp3) is 0.500. The molecule has 0 aliphatic heterocycles. The number of nitrogens with one attached hydrogen (secondary N) is 1. The highest BCUT2D eigenvalue weighted by Crippen LogP contribution is 2.27. The topological polar surface area (TPSA) is 55.4 Å². The molecule has 1 amide bonds. The van der Waals surface area contributed by atoms with Crippen LogP contribution in [0.25, 0.3) is 0 Å². The highest BCUT2D eigenvalue weighted by Gasteiger charge is 2.22. The van der Waals surface area contributed by atoms with Crippen LogP contribution in [0.5, 0.6) is 5.75 Å². The molecule has 1 saturated carbocycles. The van der Waals surface area contributed by atoms with Crippen molar-refractivity contribution in [1.82, 2.24) is 5.32 Å². The molecule has 0 radical (unpaired) electrons. The molecule has 1 atom stereocenters. The minimum Gasteiger partial charge on any atom is -0.496 e. The van der Waals surface area contributed by atoms with Crippen molar-refractivity contribution in [3.05, 3.63) is 28.8 Å². The first-order valence-corrected chi connectivity index (χ1v) is 8.39. The van der Waals surface area contributed by atoms with Crippen LogP contribution in [0, 0.1) is 5.92 Å². The Bertz CT molecular complexity index is 517. The van der Waals surface area contributed by atoms with Gasteiger partial charge in [0.05, 0.1) is 12.9 Å². The quantitative estimate of drug-likeness (QED) is 0.838. The van der Waals surface area contributed by atoms with Gasteiger partial charge >= 0.3 is 0 Å². The Morgan fingerprint density at radius 1 is 1.50 bits per heavy atom. The molecule has 20 heavy (non-hydrogen) atoms. The molecule has 0 bridgehead atoms. The first-order valence-electron chi connectivity index (χ1n) is 6.52. The summed E-state index contributed by atoms with van der Waals surface area (Å²) in [7, 11) is 0.287. The average molecular weight is 316 g/mol. The minimum absolute atomic E-state index is 0.0163. The fourth-order valence-electron chi connectivity index (χ4n) is 1.86. The van der Waals surface area contributed by atoms with E-state index in [0.717, 1.165) is 5.56 Å². The molecule has 0 aromatic heterocycles. The molecule has 0 saturated heterocycles. The van der Waals surface area contributed by atoms with Gasteiger partial charge in [-0.2, -0.15) is 0 Å². The summed E-state index contributed by atoms with van der Waals surface area (Å²) in [5.74, 6) is 1.39. The van der Waals surface area contributed by atoms with Gasteiger partial charge in [-0.05, 0) is 37.0 Å². The van der Waals surface area contributed by atoms with Crippen LogP contribution in [-0.4, -0.2) is 29.5 Å². The molecular weight excluding hydrogens is 298 g/mol. The van der Waals surface area contributed by atoms with Crippen LogP contribution in [-0.2, 0) is 21.3 Å². The number of halogens is 1. The monoisotopic (exact) mass is 315 g/mol. The zero-order valence-electron chi connectivity index (χ0n) is 11.4. The van der Waals surface area contributed by atoms with E-state index in [-0.39, 0.29) is 17.4 Å². The van der Waals surface area contributed by atoms with Crippen LogP contribution in [0.1, 0.15) is 18.4 Å². The summed E-state index contributed by atoms with van der Waals surface area (Å²) in [6, 6.07) is 5.18. The van der Waals surface area contributed by atoms with Gasteiger partial charge in [-0.1, -0.05) is 11.6 Å². The maximum Gasteiger partial charge on any atom is 0.232 e. The SMILES string of the molecule is COc1ccc(Cl)cc1C[S@](=O)CC(=O)NCC1CC1. The Morgan fingerprint density at radius 2 is 2.25 bits per heavy atom. The van der Waals surface area contributed by atoms with Gasteiger partial charge in [0, 0.05) is 27.9 Å². The minimum atomic E-state index is -1.27. The smallest absolute Gasteiger partial charge is 0.232 e. The molecule has 110 valence electrons. The summed E-state index contributed by atoms with van der Waals surface area (Å²) < 4.78 is 17.2. The maximum absolute atomic E-state index is 12.0. The molecule has 0 heterocycles. The van der Waals surface area contributed by atoms with Crippen LogP contribution >= 0.6 is 11.6 Å². The van der Waals surface area contributed by atoms with Gasteiger partial charge in [0.15, 0.2) is 0 Å². The average Bonchev–Trinajstić information content (AvgIpc) is 3.20. The third kappa shape index (κ3) is 4.80. The van der Waals surface area contributed by atoms with E-state index in [1.54, 1.807) is 25.3 Å². The second-order valence-corrected chi connectivity index (χ2v) is 6.83. The number of hydrogen-bond donors (Lipinski definition) is 1. The zero-order chi connectivity index (χ0) is 14.5. The first kappa shape index (κ1) is 15.3. The van der Waals surface area contributed by atoms with E-state index in [2.05, 4.69) is 5.32 Å². The van der Waals surface area contributed by atoms with Gasteiger partial charge < -0.3 is 10.1 Å². The van der Waals surface area contributed by atoms with Crippen LogP contribution < -0.4 is 10.1 Å². The Hall–Kier alpha value is -1.07. The fourth-order valence-corrected chi connectivity index (χ4v) is 3.13. The van der Waals surface area contributed by atoms with Crippen molar-refractivity contribution < 1.29 is 13.7 Å². The number of amides is 1. The van der Waals surface area contributed by atoms with Crippen molar-refractivity contribution in [2.75, 3.05) is 19.4 Å². The van der Waals surface area contributed by atoms with E-state index >= 15 is 0 Å². The second-order valence-electron chi connectivity index (χ2n) is 4.93. The summed E-state index contributed by atoms with van der Waals surface area (Å²) in [4.78, 5) is 11.6. The third-order valence-electron chi connectivity index (χ3n) is 3.14. The van der Waals surface area contributed by atoms with Gasteiger partial charge in [-0.15, -0.1) is 0 Å². The highest BCUT2D eigenvalue weighted by molar-refractivity contribution is 7.84. The number of carbonyl (C=O) groups is 1. The van der Waals surface area contributed by atoms with Crippen molar-refractivity contribution in [1.29, 1.82) is 0 Å². The highest BCUT2D eigenvalue weighted by atomic mass is 35.5. The van der Waals surface area contributed by atoms with Crippen molar-refractivity contribution >= 4 is 28.3 Å². The zero-order valence-corrected chi connectivity index (χ0v) is 12.9. The molecule has 1 aliphatic rings. The predicted molar refractivity (Wildman–Crippen MR) is 80.5 cm³/mol. The number of methoxy groups -OCH3 is 1. The molecule has 1 aromatic carbocycles. The molecule has 6 heteroatoms. The number of carbonyl (C=O) groups excluding carboxylic acids is 1. The van der Waals surface area contributed by atoms with Gasteiger partial charge in [-0.3, -0.25) is 9.00 Å². The maximum atomic E-state index is 12.0. The number of rotatable bonds is 7. The summed E-state index contributed by atoms with van der Waals surface area (Å²) in [5, 5.41) is 3.38. The number of hydrogen-bond acceptors (Lipinski definition) is 3. The van der Waals surface area contributed by atoms with Crippen LogP contribution in [0.3, 0.4) is 0 Å². The van der Waals surface area contributed by atoms with Crippen LogP contribution in [0.15, 0.2) is 18.2 Å². The molecule has 0 spiro atoms. The number of ether oxygens (including phenoxy) is 1. The first-order chi connectivity index (χ1) is 9.58. The van der Waals surface area contributed by atoms with E-state index in [1.165, 1.54) is 12.8 Å². The Kier molecular flexibility index (Phi) is 5.43. The van der Waals surface area contributed by atoms with Crippen LogP contribution in [0.4, 0.5) is 0 Å². The summed E-state index contributed by atoms with van der Waals surface area (Å²) >= 11 is 5.92. The molecule has 1 aliphatic carbocycles. The van der Waals surface area contributed by atoms with Crippen molar-refractivity contribution in [2.24, 2.45) is 5.92 Å². The molecule has 4 nitrogen and oxygen atoms in total. The van der Waals surface area contributed by atoms with Gasteiger partial charge in [0.1, 0.15) is 11.5 Å². The largest absolute Gasteiger partial charge is 0.496 e. The van der Waals surface area contributed by atoms with E-state index in [0.29, 0.717) is 23.2 Å². The lowest BCUT2D eigenvalue weighted by Gasteiger charge is -2.09. The Balaban J connectivity index is 1.86. The molecule has 1 N–H and O–H groups in total. The molecule has 0 unspecified atom stereocenters. The van der Waals surface area contributed by atoms with E-state index < -0.39 is 10.8 Å². The molecule has 2 rings (SSSR count). The van der Waals surface area contributed by atoms with Crippen molar-refractivity contribution in [3.8, 4) is 5.75 Å². The Morgan fingerprint density at radius 3 is 2.90 bits per heavy atom. The van der Waals surface area contributed by atoms with Crippen molar-refractivity contribution in [3.63, 3.8) is 0 Å². The van der Waals surface area contributed by atoms with Gasteiger partial charge in [-0.25, -0.2) is 0 Å². The Labute approximate surface area is 126 Å². The lowest BCUT2D eigenvalue weighted by atomic mass is 10.2. The lowest BCUT2D eigenvalue weighted by molar-refractivity contribution is -0.118. The van der Waals surface area contributed by atoms with E-state index in [1.807, 2.05) is 0 Å². The molecular formula is C14H18ClNO3S. The lowest BCUT2D eigenvalue weighted by Crippen LogP contribution is -2.30. The standard InChI is InChI=1S/C14H18ClNO3S/c1-19-13-5-4-12(15)6-11(13)8-20(18)9-14(17)16-7-10-2-3-10/h4-6,10H,2-3,7-9H2,1H3,(H,16,17)/t20-/m0/s1. The molecule has 1 aromatic rings. The van der Waals surface area contributed by atoms with Gasteiger partial charge in [0.2, 0.25) is 5.91 Å². The summed E-state index contributed by atoms with van der Waals surface area (Å²) in [6.07, 6.45) is 2.37. The summed E-state index contributed by atoms with van der Waals surface area (Å²) in [6.45, 7) is 0.705. The third-order valence-corrected chi connectivity index (χ3v) is 4.59. The van der Waals surface area contributed by atoms with Crippen LogP contribution in [0.2, 0.25) is 5.02 Å². The van der Waals surface area contributed by atoms with E-state index in [9.17, 15) is 9.00 Å². The predicted octanol–water partition coefficient (Wildman–Crippen LogP) is 2.12. The molecule has 1 fully saturated rings. The second kappa shape index (κ2) is 7.09. The normalized spacial score (nSPS) is 15.7. The van der Waals surface area contributed by atoms with Gasteiger partial charge in [0.25, 0.3) is 0 Å². The number of benzene rings is 1.